The highest BCUT2D eigenvalue weighted by Gasteiger charge is 2.11. The monoisotopic (exact) mass is 289 g/mol. The zero-order chi connectivity index (χ0) is 13.8. The van der Waals surface area contributed by atoms with Crippen LogP contribution in [0.5, 0.6) is 11.5 Å². The normalized spacial score (nSPS) is 13.8. The molecular weight excluding hydrogens is 274 g/mol. The van der Waals surface area contributed by atoms with Gasteiger partial charge in [0.15, 0.2) is 16.7 Å². The number of ether oxygens (including phenoxy) is 2. The van der Waals surface area contributed by atoms with Gasteiger partial charge in [0.25, 0.3) is 0 Å². The van der Waals surface area contributed by atoms with Crippen molar-refractivity contribution in [3.8, 4) is 11.5 Å². The first kappa shape index (κ1) is 13.2. The summed E-state index contributed by atoms with van der Waals surface area (Å²) in [5.74, 6) is 1.57. The average molecular weight is 289 g/mol. The third-order valence-corrected chi connectivity index (χ3v) is 3.70. The van der Waals surface area contributed by atoms with Gasteiger partial charge in [-0.05, 0) is 36.0 Å². The van der Waals surface area contributed by atoms with Crippen LogP contribution in [0.25, 0.3) is 0 Å². The molecule has 0 amide bonds. The maximum Gasteiger partial charge on any atom is 0.192 e. The molecule has 2 aromatic rings. The van der Waals surface area contributed by atoms with Gasteiger partial charge in [0.2, 0.25) is 0 Å². The van der Waals surface area contributed by atoms with Crippen LogP contribution >= 0.6 is 11.8 Å². The number of hydrogen-bond acceptors (Lipinski definition) is 6. The lowest BCUT2D eigenvalue weighted by atomic mass is 10.3. The van der Waals surface area contributed by atoms with Gasteiger partial charge >= 0.3 is 0 Å². The minimum atomic E-state index is 0.414. The standard InChI is InChI=1S/C14H15N3O2S/c15-9-10-4-5-16-14(17-10)20-11-2-3-12-13(8-11)19-7-1-6-18-12/h2-5,8H,1,6-7,9,15H2. The van der Waals surface area contributed by atoms with Crippen molar-refractivity contribution < 1.29 is 9.47 Å². The molecule has 1 aliphatic heterocycles. The van der Waals surface area contributed by atoms with E-state index in [0.29, 0.717) is 24.9 Å². The minimum Gasteiger partial charge on any atom is -0.490 e. The maximum absolute atomic E-state index is 5.67. The summed E-state index contributed by atoms with van der Waals surface area (Å²) >= 11 is 1.48. The van der Waals surface area contributed by atoms with E-state index in [-0.39, 0.29) is 0 Å². The number of benzene rings is 1. The SMILES string of the molecule is NCc1ccnc(Sc2ccc3c(c2)OCCCO3)n1. The molecule has 2 heterocycles. The minimum absolute atomic E-state index is 0.414. The van der Waals surface area contributed by atoms with Gasteiger partial charge in [-0.25, -0.2) is 9.97 Å². The number of hydrogen-bond donors (Lipinski definition) is 1. The fourth-order valence-electron chi connectivity index (χ4n) is 1.85. The van der Waals surface area contributed by atoms with E-state index in [0.717, 1.165) is 28.5 Å². The fraction of sp³-hybridized carbons (Fsp3) is 0.286. The number of aromatic nitrogens is 2. The van der Waals surface area contributed by atoms with Crippen molar-refractivity contribution >= 4 is 11.8 Å². The smallest absolute Gasteiger partial charge is 0.192 e. The molecule has 6 heteroatoms. The number of nitrogens with two attached hydrogens (primary N) is 1. The van der Waals surface area contributed by atoms with Gasteiger partial charge in [0.05, 0.1) is 18.9 Å². The van der Waals surface area contributed by atoms with E-state index in [1.54, 1.807) is 6.20 Å². The Morgan fingerprint density at radius 3 is 2.85 bits per heavy atom. The first-order valence-corrected chi connectivity index (χ1v) is 7.26. The molecule has 0 radical (unpaired) electrons. The van der Waals surface area contributed by atoms with Crippen LogP contribution in [0.1, 0.15) is 12.1 Å². The highest BCUT2D eigenvalue weighted by Crippen LogP contribution is 2.35. The van der Waals surface area contributed by atoms with E-state index in [1.807, 2.05) is 24.3 Å². The second-order valence-corrected chi connectivity index (χ2v) is 5.34. The zero-order valence-corrected chi connectivity index (χ0v) is 11.7. The van der Waals surface area contributed by atoms with E-state index in [4.69, 9.17) is 15.2 Å². The molecule has 0 unspecified atom stereocenters. The molecule has 0 atom stereocenters. The van der Waals surface area contributed by atoms with Gasteiger partial charge < -0.3 is 15.2 Å². The molecule has 0 saturated heterocycles. The Morgan fingerprint density at radius 1 is 1.15 bits per heavy atom. The lowest BCUT2D eigenvalue weighted by Crippen LogP contribution is -2.00. The van der Waals surface area contributed by atoms with Crippen molar-refractivity contribution in [1.82, 2.24) is 9.97 Å². The van der Waals surface area contributed by atoms with Gasteiger partial charge in [0, 0.05) is 24.1 Å². The van der Waals surface area contributed by atoms with E-state index in [1.165, 1.54) is 11.8 Å². The highest BCUT2D eigenvalue weighted by molar-refractivity contribution is 7.99. The fourth-order valence-corrected chi connectivity index (χ4v) is 2.64. The summed E-state index contributed by atoms with van der Waals surface area (Å²) < 4.78 is 11.3. The van der Waals surface area contributed by atoms with Crippen LogP contribution in [0, 0.1) is 0 Å². The van der Waals surface area contributed by atoms with Crippen LogP contribution in [-0.4, -0.2) is 23.2 Å². The molecule has 1 aromatic heterocycles. The molecule has 3 rings (SSSR count). The molecule has 0 saturated carbocycles. The van der Waals surface area contributed by atoms with Crippen LogP contribution in [0.15, 0.2) is 40.5 Å². The van der Waals surface area contributed by atoms with E-state index < -0.39 is 0 Å². The van der Waals surface area contributed by atoms with Gasteiger partial charge in [0.1, 0.15) is 0 Å². The Balaban J connectivity index is 1.82. The average Bonchev–Trinajstić information content (AvgIpc) is 2.72. The number of rotatable bonds is 3. The Morgan fingerprint density at radius 2 is 2.00 bits per heavy atom. The van der Waals surface area contributed by atoms with Crippen molar-refractivity contribution in [2.75, 3.05) is 13.2 Å². The summed E-state index contributed by atoms with van der Waals surface area (Å²) in [4.78, 5) is 9.63. The summed E-state index contributed by atoms with van der Waals surface area (Å²) in [5, 5.41) is 0.683. The van der Waals surface area contributed by atoms with E-state index >= 15 is 0 Å². The molecule has 104 valence electrons. The predicted molar refractivity (Wildman–Crippen MR) is 76.1 cm³/mol. The van der Waals surface area contributed by atoms with Gasteiger partial charge in [-0.3, -0.25) is 0 Å². The van der Waals surface area contributed by atoms with Gasteiger partial charge in [-0.2, -0.15) is 0 Å². The summed E-state index contributed by atoms with van der Waals surface area (Å²) in [6.45, 7) is 1.79. The van der Waals surface area contributed by atoms with Crippen molar-refractivity contribution in [3.05, 3.63) is 36.2 Å². The van der Waals surface area contributed by atoms with Crippen LogP contribution in [0.3, 0.4) is 0 Å². The molecule has 0 aliphatic carbocycles. The Bertz CT molecular complexity index is 607. The Kier molecular flexibility index (Phi) is 4.03. The topological polar surface area (TPSA) is 70.3 Å². The second-order valence-electron chi connectivity index (χ2n) is 4.30. The largest absolute Gasteiger partial charge is 0.490 e. The van der Waals surface area contributed by atoms with Gasteiger partial charge in [-0.15, -0.1) is 0 Å². The lowest BCUT2D eigenvalue weighted by molar-refractivity contribution is 0.297. The number of fused-ring (bicyclic) bond motifs is 1. The number of nitrogens with zero attached hydrogens (tertiary/aromatic N) is 2. The molecule has 1 aliphatic rings. The van der Waals surface area contributed by atoms with Crippen LogP contribution in [-0.2, 0) is 6.54 Å². The molecular formula is C14H15N3O2S. The van der Waals surface area contributed by atoms with E-state index in [9.17, 15) is 0 Å². The summed E-state index contributed by atoms with van der Waals surface area (Å²) in [7, 11) is 0. The molecule has 2 N–H and O–H groups in total. The molecule has 20 heavy (non-hydrogen) atoms. The molecule has 0 fully saturated rings. The van der Waals surface area contributed by atoms with Crippen LogP contribution in [0.4, 0.5) is 0 Å². The van der Waals surface area contributed by atoms with Gasteiger partial charge in [-0.1, -0.05) is 0 Å². The van der Waals surface area contributed by atoms with Crippen molar-refractivity contribution in [2.24, 2.45) is 5.73 Å². The third kappa shape index (κ3) is 3.02. The maximum atomic E-state index is 5.67. The summed E-state index contributed by atoms with van der Waals surface area (Å²) in [6, 6.07) is 7.69. The van der Waals surface area contributed by atoms with Crippen LogP contribution < -0.4 is 15.2 Å². The highest BCUT2D eigenvalue weighted by atomic mass is 32.2. The van der Waals surface area contributed by atoms with Crippen molar-refractivity contribution in [3.63, 3.8) is 0 Å². The first-order valence-electron chi connectivity index (χ1n) is 6.44. The second kappa shape index (κ2) is 6.11. The van der Waals surface area contributed by atoms with E-state index in [2.05, 4.69) is 9.97 Å². The molecule has 0 spiro atoms. The Labute approximate surface area is 121 Å². The Hall–Kier alpha value is -1.79. The first-order chi connectivity index (χ1) is 9.85. The quantitative estimate of drug-likeness (QED) is 0.874. The molecule has 5 nitrogen and oxygen atoms in total. The lowest BCUT2D eigenvalue weighted by Gasteiger charge is -2.08. The summed E-state index contributed by atoms with van der Waals surface area (Å²) in [6.07, 6.45) is 2.62. The van der Waals surface area contributed by atoms with Crippen molar-refractivity contribution in [2.45, 2.75) is 23.0 Å². The zero-order valence-electron chi connectivity index (χ0n) is 10.9. The summed E-state index contributed by atoms with van der Waals surface area (Å²) in [5.41, 5.74) is 6.41. The third-order valence-electron chi connectivity index (χ3n) is 2.83. The molecule has 1 aromatic carbocycles. The molecule has 0 bridgehead atoms. The van der Waals surface area contributed by atoms with Crippen LogP contribution in [0.2, 0.25) is 0 Å². The van der Waals surface area contributed by atoms with Crippen molar-refractivity contribution in [1.29, 1.82) is 0 Å². The predicted octanol–water partition coefficient (Wildman–Crippen LogP) is 2.25.